The van der Waals surface area contributed by atoms with Gasteiger partial charge in [-0.25, -0.2) is 9.48 Å². The van der Waals surface area contributed by atoms with E-state index in [1.807, 2.05) is 44.2 Å². The van der Waals surface area contributed by atoms with Crippen molar-refractivity contribution in [3.05, 3.63) is 52.3 Å². The maximum atomic E-state index is 12.3. The molecule has 0 spiro atoms. The van der Waals surface area contributed by atoms with Gasteiger partial charge in [0.05, 0.1) is 12.2 Å². The van der Waals surface area contributed by atoms with Gasteiger partial charge in [0.15, 0.2) is 6.61 Å². The summed E-state index contributed by atoms with van der Waals surface area (Å²) in [5, 5.41) is 7.23. The number of esters is 1. The topological polar surface area (TPSA) is 73.2 Å². The van der Waals surface area contributed by atoms with Gasteiger partial charge in [0.25, 0.3) is 5.91 Å². The van der Waals surface area contributed by atoms with Crippen LogP contribution in [0.3, 0.4) is 0 Å². The third kappa shape index (κ3) is 5.06. The number of nitrogens with one attached hydrogen (secondary N) is 1. The molecule has 1 amide bonds. The molecule has 1 aromatic heterocycles. The van der Waals surface area contributed by atoms with Crippen molar-refractivity contribution in [3.8, 4) is 0 Å². The fraction of sp³-hybridized carbons (Fsp3) is 0.389. The van der Waals surface area contributed by atoms with Crippen molar-refractivity contribution in [1.82, 2.24) is 15.1 Å². The largest absolute Gasteiger partial charge is 0.452 e. The molecule has 0 bridgehead atoms. The van der Waals surface area contributed by atoms with Crippen LogP contribution in [0.15, 0.2) is 30.3 Å². The Hall–Kier alpha value is -2.34. The fourth-order valence-electron chi connectivity index (χ4n) is 2.27. The minimum Gasteiger partial charge on any atom is -0.452 e. The predicted octanol–water partition coefficient (Wildman–Crippen LogP) is 2.96. The molecule has 0 fully saturated rings. The molecule has 0 saturated carbocycles. The number of halogens is 1. The molecule has 1 aromatic carbocycles. The molecule has 1 N–H and O–H groups in total. The number of rotatable bonds is 7. The van der Waals surface area contributed by atoms with Gasteiger partial charge < -0.3 is 10.1 Å². The lowest BCUT2D eigenvalue weighted by Crippen LogP contribution is -2.35. The van der Waals surface area contributed by atoms with Crippen LogP contribution in [0.4, 0.5) is 0 Å². The molecule has 6 nitrogen and oxygen atoms in total. The van der Waals surface area contributed by atoms with Gasteiger partial charge in [-0.1, -0.05) is 48.9 Å². The minimum atomic E-state index is -0.652. The molecule has 0 aliphatic heterocycles. The maximum Gasteiger partial charge on any atom is 0.343 e. The third-order valence-electron chi connectivity index (χ3n) is 3.80. The van der Waals surface area contributed by atoms with E-state index in [-0.39, 0.29) is 29.3 Å². The molecule has 1 atom stereocenters. The summed E-state index contributed by atoms with van der Waals surface area (Å²) >= 11 is 6.30. The Labute approximate surface area is 152 Å². The van der Waals surface area contributed by atoms with Gasteiger partial charge in [-0.15, -0.1) is 0 Å². The quantitative estimate of drug-likeness (QED) is 0.767. The smallest absolute Gasteiger partial charge is 0.343 e. The van der Waals surface area contributed by atoms with Gasteiger partial charge in [0, 0.05) is 6.04 Å². The van der Waals surface area contributed by atoms with E-state index in [0.717, 1.165) is 12.0 Å². The summed E-state index contributed by atoms with van der Waals surface area (Å²) in [5.41, 5.74) is 1.67. The zero-order chi connectivity index (χ0) is 18.4. The first-order chi connectivity index (χ1) is 11.9. The molecule has 0 radical (unpaired) electrons. The van der Waals surface area contributed by atoms with Crippen LogP contribution >= 0.6 is 11.6 Å². The molecule has 2 aromatic rings. The zero-order valence-corrected chi connectivity index (χ0v) is 15.3. The second-order valence-corrected chi connectivity index (χ2v) is 6.21. The second-order valence-electron chi connectivity index (χ2n) is 5.85. The van der Waals surface area contributed by atoms with Crippen molar-refractivity contribution in [2.45, 2.75) is 39.8 Å². The Kier molecular flexibility index (Phi) is 6.58. The second kappa shape index (κ2) is 8.67. The van der Waals surface area contributed by atoms with Gasteiger partial charge in [-0.05, 0) is 25.8 Å². The van der Waals surface area contributed by atoms with Gasteiger partial charge in [-0.2, -0.15) is 5.10 Å². The third-order valence-corrected chi connectivity index (χ3v) is 4.18. The van der Waals surface area contributed by atoms with Crippen LogP contribution in [0.2, 0.25) is 5.15 Å². The van der Waals surface area contributed by atoms with Gasteiger partial charge in [0.1, 0.15) is 10.7 Å². The van der Waals surface area contributed by atoms with Crippen molar-refractivity contribution in [2.75, 3.05) is 6.61 Å². The van der Waals surface area contributed by atoms with E-state index < -0.39 is 5.97 Å². The average molecular weight is 364 g/mol. The van der Waals surface area contributed by atoms with E-state index in [1.165, 1.54) is 0 Å². The van der Waals surface area contributed by atoms with Crippen LogP contribution in [0.1, 0.15) is 41.9 Å². The highest BCUT2D eigenvalue weighted by Crippen LogP contribution is 2.21. The first-order valence-corrected chi connectivity index (χ1v) is 8.53. The van der Waals surface area contributed by atoms with E-state index in [0.29, 0.717) is 12.2 Å². The first kappa shape index (κ1) is 19.0. The molecule has 1 heterocycles. The number of aromatic nitrogens is 2. The van der Waals surface area contributed by atoms with E-state index in [2.05, 4.69) is 10.4 Å². The van der Waals surface area contributed by atoms with Gasteiger partial charge in [0.2, 0.25) is 0 Å². The summed E-state index contributed by atoms with van der Waals surface area (Å²) in [7, 11) is 0. The first-order valence-electron chi connectivity index (χ1n) is 8.15. The molecular weight excluding hydrogens is 342 g/mol. The number of amides is 1. The molecule has 0 saturated heterocycles. The zero-order valence-electron chi connectivity index (χ0n) is 14.6. The number of carbonyl (C=O) groups is 2. The molecule has 25 heavy (non-hydrogen) atoms. The van der Waals surface area contributed by atoms with Crippen LogP contribution in [0.5, 0.6) is 0 Å². The highest BCUT2D eigenvalue weighted by atomic mass is 35.5. The van der Waals surface area contributed by atoms with Gasteiger partial charge in [-0.3, -0.25) is 4.79 Å². The highest BCUT2D eigenvalue weighted by Gasteiger charge is 2.22. The Morgan fingerprint density at radius 3 is 2.64 bits per heavy atom. The standard InChI is InChI=1S/C18H22ClN3O3/c1-4-12(2)20-15(23)11-25-18(24)16-13(3)21-22(17(16)19)10-14-8-6-5-7-9-14/h5-9,12H,4,10-11H2,1-3H3,(H,20,23)/t12-/m0/s1. The lowest BCUT2D eigenvalue weighted by Gasteiger charge is -2.11. The summed E-state index contributed by atoms with van der Waals surface area (Å²) in [6.45, 7) is 5.63. The number of carbonyl (C=O) groups excluding carboxylic acids is 2. The Morgan fingerprint density at radius 2 is 2.00 bits per heavy atom. The molecule has 0 aliphatic carbocycles. The molecule has 7 heteroatoms. The van der Waals surface area contributed by atoms with Gasteiger partial charge >= 0.3 is 5.97 Å². The molecular formula is C18H22ClN3O3. The Morgan fingerprint density at radius 1 is 1.32 bits per heavy atom. The van der Waals surface area contributed by atoms with E-state index >= 15 is 0 Å². The number of hydrogen-bond acceptors (Lipinski definition) is 4. The number of ether oxygens (including phenoxy) is 1. The monoisotopic (exact) mass is 363 g/mol. The lowest BCUT2D eigenvalue weighted by atomic mass is 10.2. The number of nitrogens with zero attached hydrogens (tertiary/aromatic N) is 2. The Bertz CT molecular complexity index is 744. The summed E-state index contributed by atoms with van der Waals surface area (Å²) in [6, 6.07) is 9.70. The summed E-state index contributed by atoms with van der Waals surface area (Å²) < 4.78 is 6.62. The Balaban J connectivity index is 2.04. The predicted molar refractivity (Wildman–Crippen MR) is 95.7 cm³/mol. The summed E-state index contributed by atoms with van der Waals surface area (Å²) in [4.78, 5) is 24.0. The van der Waals surface area contributed by atoms with E-state index in [4.69, 9.17) is 16.3 Å². The number of aryl methyl sites for hydroxylation is 1. The van der Waals surface area contributed by atoms with Crippen molar-refractivity contribution in [1.29, 1.82) is 0 Å². The summed E-state index contributed by atoms with van der Waals surface area (Å²) in [6.07, 6.45) is 0.802. The number of hydrogen-bond donors (Lipinski definition) is 1. The van der Waals surface area contributed by atoms with E-state index in [9.17, 15) is 9.59 Å². The molecule has 2 rings (SSSR count). The van der Waals surface area contributed by atoms with Crippen molar-refractivity contribution >= 4 is 23.5 Å². The average Bonchev–Trinajstić information content (AvgIpc) is 2.87. The van der Waals surface area contributed by atoms with Crippen LogP contribution < -0.4 is 5.32 Å². The SMILES string of the molecule is CC[C@H](C)NC(=O)COC(=O)c1c(C)nn(Cc2ccccc2)c1Cl. The fourth-order valence-corrected chi connectivity index (χ4v) is 2.58. The molecule has 0 unspecified atom stereocenters. The molecule has 134 valence electrons. The van der Waals surface area contributed by atoms with Crippen LogP contribution in [-0.2, 0) is 16.1 Å². The van der Waals surface area contributed by atoms with Crippen LogP contribution in [-0.4, -0.2) is 34.3 Å². The molecule has 0 aliphatic rings. The van der Waals surface area contributed by atoms with Crippen molar-refractivity contribution in [2.24, 2.45) is 0 Å². The number of benzene rings is 1. The highest BCUT2D eigenvalue weighted by molar-refractivity contribution is 6.32. The van der Waals surface area contributed by atoms with Crippen LogP contribution in [0, 0.1) is 6.92 Å². The van der Waals surface area contributed by atoms with Crippen molar-refractivity contribution < 1.29 is 14.3 Å². The maximum absolute atomic E-state index is 12.3. The van der Waals surface area contributed by atoms with Crippen LogP contribution in [0.25, 0.3) is 0 Å². The summed E-state index contributed by atoms with van der Waals surface area (Å²) in [5.74, 6) is -0.991. The minimum absolute atomic E-state index is 0.0325. The normalized spacial score (nSPS) is 11.8. The van der Waals surface area contributed by atoms with Crippen molar-refractivity contribution in [3.63, 3.8) is 0 Å². The van der Waals surface area contributed by atoms with E-state index in [1.54, 1.807) is 11.6 Å². The lowest BCUT2D eigenvalue weighted by molar-refractivity contribution is -0.124.